The van der Waals surface area contributed by atoms with Gasteiger partial charge in [0.2, 0.25) is 0 Å². The molecule has 0 heterocycles. The molecule has 0 aromatic heterocycles. The molecule has 2 aromatic rings. The molecule has 0 radical (unpaired) electrons. The molecule has 108 valence electrons. The van der Waals surface area contributed by atoms with Crippen LogP contribution in [0.1, 0.15) is 22.8 Å². The van der Waals surface area contributed by atoms with Crippen molar-refractivity contribution >= 4 is 40.1 Å². The number of halogens is 1. The zero-order chi connectivity index (χ0) is 15.4. The number of carbonyl (C=O) groups excluding carboxylic acids is 1. The summed E-state index contributed by atoms with van der Waals surface area (Å²) in [5, 5.41) is 21.3. The molecule has 0 saturated carbocycles. The number of nitrogens with one attached hydrogen (secondary N) is 1. The van der Waals surface area contributed by atoms with Crippen molar-refractivity contribution in [2.75, 3.05) is 5.32 Å². The summed E-state index contributed by atoms with van der Waals surface area (Å²) in [6.45, 7) is 2.02. The van der Waals surface area contributed by atoms with Gasteiger partial charge in [0.15, 0.2) is 0 Å². The van der Waals surface area contributed by atoms with Crippen LogP contribution in [0.2, 0.25) is 0 Å². The molecule has 4 nitrogen and oxygen atoms in total. The minimum Gasteiger partial charge on any atom is -0.423 e. The van der Waals surface area contributed by atoms with Gasteiger partial charge < -0.3 is 15.4 Å². The lowest BCUT2D eigenvalue weighted by molar-refractivity contribution is 0.102. The lowest BCUT2D eigenvalue weighted by atomic mass is 9.79. The standard InChI is InChI=1S/C15H15BBrNO3/c1-2-10-5-3-4-6-14(10)18-15(19)11-7-12(16(20)21)9-13(17)8-11/h3-9,20-21H,2H2,1H3,(H,18,19). The number of carbonyl (C=O) groups is 1. The topological polar surface area (TPSA) is 69.6 Å². The first-order valence-electron chi connectivity index (χ1n) is 6.57. The summed E-state index contributed by atoms with van der Waals surface area (Å²) in [7, 11) is -1.61. The van der Waals surface area contributed by atoms with E-state index in [-0.39, 0.29) is 11.4 Å². The normalized spacial score (nSPS) is 10.3. The first-order valence-corrected chi connectivity index (χ1v) is 7.36. The van der Waals surface area contributed by atoms with Crippen molar-refractivity contribution < 1.29 is 14.8 Å². The molecule has 1 amide bonds. The van der Waals surface area contributed by atoms with Gasteiger partial charge in [0.25, 0.3) is 5.91 Å². The smallest absolute Gasteiger partial charge is 0.423 e. The van der Waals surface area contributed by atoms with Crippen LogP contribution in [-0.4, -0.2) is 23.1 Å². The quantitative estimate of drug-likeness (QED) is 0.740. The SMILES string of the molecule is CCc1ccccc1NC(=O)c1cc(Br)cc(B(O)O)c1. The van der Waals surface area contributed by atoms with Crippen LogP contribution in [0.4, 0.5) is 5.69 Å². The number of aryl methyl sites for hydroxylation is 1. The molecule has 0 unspecified atom stereocenters. The molecule has 3 N–H and O–H groups in total. The Labute approximate surface area is 132 Å². The lowest BCUT2D eigenvalue weighted by Gasteiger charge is -2.11. The Morgan fingerprint density at radius 1 is 1.24 bits per heavy atom. The Morgan fingerprint density at radius 3 is 2.62 bits per heavy atom. The number of para-hydroxylation sites is 1. The highest BCUT2D eigenvalue weighted by atomic mass is 79.9. The molecule has 0 aliphatic rings. The highest BCUT2D eigenvalue weighted by Gasteiger charge is 2.16. The van der Waals surface area contributed by atoms with E-state index in [2.05, 4.69) is 21.2 Å². The van der Waals surface area contributed by atoms with Crippen LogP contribution in [0, 0.1) is 0 Å². The van der Waals surface area contributed by atoms with Gasteiger partial charge in [-0.3, -0.25) is 4.79 Å². The molecule has 0 bridgehead atoms. The number of amides is 1. The fourth-order valence-corrected chi connectivity index (χ4v) is 2.55. The van der Waals surface area contributed by atoms with E-state index in [0.717, 1.165) is 17.7 Å². The molecule has 0 fully saturated rings. The number of rotatable bonds is 4. The molecule has 6 heteroatoms. The maximum atomic E-state index is 12.3. The van der Waals surface area contributed by atoms with Crippen LogP contribution in [0.5, 0.6) is 0 Å². The molecule has 21 heavy (non-hydrogen) atoms. The van der Waals surface area contributed by atoms with Crippen LogP contribution in [0.3, 0.4) is 0 Å². The molecular formula is C15H15BBrNO3. The van der Waals surface area contributed by atoms with Crippen molar-refractivity contribution in [3.05, 3.63) is 58.1 Å². The fraction of sp³-hybridized carbons (Fsp3) is 0.133. The van der Waals surface area contributed by atoms with E-state index in [4.69, 9.17) is 0 Å². The summed E-state index contributed by atoms with van der Waals surface area (Å²) < 4.78 is 0.613. The van der Waals surface area contributed by atoms with E-state index in [1.54, 1.807) is 12.1 Å². The zero-order valence-electron chi connectivity index (χ0n) is 11.5. The molecule has 0 aliphatic carbocycles. The number of hydrogen-bond donors (Lipinski definition) is 3. The molecule has 0 spiro atoms. The average Bonchev–Trinajstić information content (AvgIpc) is 2.47. The Kier molecular flexibility index (Phi) is 5.17. The van der Waals surface area contributed by atoms with Crippen LogP contribution in [-0.2, 0) is 6.42 Å². The highest BCUT2D eigenvalue weighted by Crippen LogP contribution is 2.17. The monoisotopic (exact) mass is 347 g/mol. The second kappa shape index (κ2) is 6.89. The van der Waals surface area contributed by atoms with Gasteiger partial charge in [-0.2, -0.15) is 0 Å². The van der Waals surface area contributed by atoms with E-state index >= 15 is 0 Å². The van der Waals surface area contributed by atoms with Gasteiger partial charge in [0, 0.05) is 15.7 Å². The third kappa shape index (κ3) is 3.94. The van der Waals surface area contributed by atoms with Gasteiger partial charge in [0.1, 0.15) is 0 Å². The maximum Gasteiger partial charge on any atom is 0.488 e. The number of hydrogen-bond acceptors (Lipinski definition) is 3. The minimum atomic E-state index is -1.61. The van der Waals surface area contributed by atoms with Gasteiger partial charge in [-0.1, -0.05) is 41.1 Å². The van der Waals surface area contributed by atoms with Gasteiger partial charge in [-0.15, -0.1) is 0 Å². The van der Waals surface area contributed by atoms with Crippen LogP contribution in [0.15, 0.2) is 46.9 Å². The van der Waals surface area contributed by atoms with Gasteiger partial charge in [-0.25, -0.2) is 0 Å². The molecule has 0 saturated heterocycles. The second-order valence-electron chi connectivity index (χ2n) is 4.61. The maximum absolute atomic E-state index is 12.3. The van der Waals surface area contributed by atoms with E-state index < -0.39 is 7.12 Å². The Morgan fingerprint density at radius 2 is 1.95 bits per heavy atom. The summed E-state index contributed by atoms with van der Waals surface area (Å²) in [5.41, 5.74) is 2.43. The summed E-state index contributed by atoms with van der Waals surface area (Å²) in [4.78, 5) is 12.3. The van der Waals surface area contributed by atoms with Gasteiger partial charge in [0.05, 0.1) is 0 Å². The summed E-state index contributed by atoms with van der Waals surface area (Å²) >= 11 is 3.26. The van der Waals surface area contributed by atoms with Crippen LogP contribution >= 0.6 is 15.9 Å². The lowest BCUT2D eigenvalue weighted by Crippen LogP contribution is -2.31. The number of anilines is 1. The Balaban J connectivity index is 2.28. The van der Waals surface area contributed by atoms with Crippen molar-refractivity contribution in [1.29, 1.82) is 0 Å². The third-order valence-corrected chi connectivity index (χ3v) is 3.58. The first kappa shape index (κ1) is 15.8. The van der Waals surface area contributed by atoms with Crippen molar-refractivity contribution in [3.8, 4) is 0 Å². The van der Waals surface area contributed by atoms with E-state index in [9.17, 15) is 14.8 Å². The Hall–Kier alpha value is -1.63. The minimum absolute atomic E-state index is 0.262. The fourth-order valence-electron chi connectivity index (χ4n) is 2.04. The summed E-state index contributed by atoms with van der Waals surface area (Å²) in [5.74, 6) is -0.292. The third-order valence-electron chi connectivity index (χ3n) is 3.13. The second-order valence-corrected chi connectivity index (χ2v) is 5.53. The van der Waals surface area contributed by atoms with E-state index in [1.807, 2.05) is 31.2 Å². The average molecular weight is 348 g/mol. The van der Waals surface area contributed by atoms with Crippen LogP contribution in [0.25, 0.3) is 0 Å². The van der Waals surface area contributed by atoms with Crippen LogP contribution < -0.4 is 10.8 Å². The van der Waals surface area contributed by atoms with E-state index in [1.165, 1.54) is 6.07 Å². The predicted molar refractivity (Wildman–Crippen MR) is 87.7 cm³/mol. The largest absolute Gasteiger partial charge is 0.488 e. The van der Waals surface area contributed by atoms with Crippen molar-refractivity contribution in [3.63, 3.8) is 0 Å². The van der Waals surface area contributed by atoms with Gasteiger partial charge in [-0.05, 0) is 41.7 Å². The van der Waals surface area contributed by atoms with E-state index in [0.29, 0.717) is 10.0 Å². The molecular weight excluding hydrogens is 333 g/mol. The van der Waals surface area contributed by atoms with Crippen molar-refractivity contribution in [2.24, 2.45) is 0 Å². The summed E-state index contributed by atoms with van der Waals surface area (Å²) in [6, 6.07) is 12.2. The molecule has 2 rings (SSSR count). The van der Waals surface area contributed by atoms with Crippen molar-refractivity contribution in [2.45, 2.75) is 13.3 Å². The Bertz CT molecular complexity index is 661. The number of benzene rings is 2. The predicted octanol–water partition coefficient (Wildman–Crippen LogP) is 1.94. The highest BCUT2D eigenvalue weighted by molar-refractivity contribution is 9.10. The van der Waals surface area contributed by atoms with Gasteiger partial charge >= 0.3 is 7.12 Å². The molecule has 0 atom stereocenters. The summed E-state index contributed by atoms with van der Waals surface area (Å²) in [6.07, 6.45) is 0.815. The zero-order valence-corrected chi connectivity index (χ0v) is 13.1. The van der Waals surface area contributed by atoms with Crippen molar-refractivity contribution in [1.82, 2.24) is 0 Å². The molecule has 2 aromatic carbocycles. The first-order chi connectivity index (χ1) is 10.0. The molecule has 0 aliphatic heterocycles.